The van der Waals surface area contributed by atoms with Crippen molar-refractivity contribution in [3.05, 3.63) is 28.8 Å². The summed E-state index contributed by atoms with van der Waals surface area (Å²) in [6, 6.07) is 4.10. The highest BCUT2D eigenvalue weighted by atomic mass is 35.5. The first-order chi connectivity index (χ1) is 9.77. The summed E-state index contributed by atoms with van der Waals surface area (Å²) in [6.45, 7) is 4.07. The van der Waals surface area contributed by atoms with Crippen LogP contribution in [0.15, 0.2) is 18.2 Å². The number of benzene rings is 1. The third-order valence-corrected chi connectivity index (χ3v) is 4.36. The molecule has 2 nitrogen and oxygen atoms in total. The lowest BCUT2D eigenvalue weighted by Crippen LogP contribution is -2.39. The van der Waals surface area contributed by atoms with Crippen LogP contribution >= 0.6 is 11.6 Å². The van der Waals surface area contributed by atoms with Crippen LogP contribution in [-0.2, 0) is 6.18 Å². The van der Waals surface area contributed by atoms with Crippen molar-refractivity contribution in [2.24, 2.45) is 5.92 Å². The number of nitrogens with zero attached hydrogens (tertiary/aromatic N) is 1. The molecule has 0 aromatic heterocycles. The lowest BCUT2D eigenvalue weighted by atomic mass is 9.91. The van der Waals surface area contributed by atoms with E-state index in [0.717, 1.165) is 32.0 Å². The molecule has 0 amide bonds. The molecule has 118 valence electrons. The zero-order valence-corrected chi connectivity index (χ0v) is 12.9. The van der Waals surface area contributed by atoms with Crippen LogP contribution in [-0.4, -0.2) is 31.1 Å². The number of nitrogens with one attached hydrogen (secondary N) is 1. The van der Waals surface area contributed by atoms with E-state index in [2.05, 4.69) is 17.3 Å². The fourth-order valence-electron chi connectivity index (χ4n) is 2.83. The summed E-state index contributed by atoms with van der Waals surface area (Å²) in [5, 5.41) is 2.92. The molecule has 2 atom stereocenters. The van der Waals surface area contributed by atoms with E-state index in [1.165, 1.54) is 6.07 Å². The Morgan fingerprint density at radius 1 is 1.38 bits per heavy atom. The Morgan fingerprint density at radius 3 is 2.71 bits per heavy atom. The van der Waals surface area contributed by atoms with Gasteiger partial charge in [0.05, 0.1) is 10.6 Å². The molecule has 21 heavy (non-hydrogen) atoms. The summed E-state index contributed by atoms with van der Waals surface area (Å²) in [7, 11) is 2.07. The molecule has 0 bridgehead atoms. The maximum Gasteiger partial charge on any atom is 0.417 e. The summed E-state index contributed by atoms with van der Waals surface area (Å²) in [4.78, 5) is 2.26. The molecule has 2 unspecified atom stereocenters. The highest BCUT2D eigenvalue weighted by Crippen LogP contribution is 2.36. The molecule has 1 saturated heterocycles. The highest BCUT2D eigenvalue weighted by molar-refractivity contribution is 6.31. The van der Waals surface area contributed by atoms with Crippen molar-refractivity contribution in [1.82, 2.24) is 4.90 Å². The van der Waals surface area contributed by atoms with Gasteiger partial charge in [0, 0.05) is 18.3 Å². The molecule has 0 aliphatic carbocycles. The van der Waals surface area contributed by atoms with E-state index in [0.29, 0.717) is 11.6 Å². The van der Waals surface area contributed by atoms with Crippen LogP contribution in [0, 0.1) is 5.92 Å². The Bertz CT molecular complexity index is 490. The van der Waals surface area contributed by atoms with Gasteiger partial charge >= 0.3 is 6.18 Å². The predicted octanol–water partition coefficient (Wildman–Crippen LogP) is 4.50. The van der Waals surface area contributed by atoms with Crippen LogP contribution in [0.5, 0.6) is 0 Å². The van der Waals surface area contributed by atoms with Gasteiger partial charge in [-0.15, -0.1) is 0 Å². The van der Waals surface area contributed by atoms with Crippen molar-refractivity contribution >= 4 is 17.3 Å². The molecular formula is C15H20ClF3N2. The Morgan fingerprint density at radius 2 is 2.10 bits per heavy atom. The Balaban J connectivity index is 2.09. The quantitative estimate of drug-likeness (QED) is 0.882. The van der Waals surface area contributed by atoms with Crippen LogP contribution in [0.1, 0.15) is 25.3 Å². The number of piperidine rings is 1. The average molecular weight is 321 g/mol. The lowest BCUT2D eigenvalue weighted by molar-refractivity contribution is -0.137. The highest BCUT2D eigenvalue weighted by Gasteiger charge is 2.33. The molecule has 1 aliphatic heterocycles. The molecule has 1 N–H and O–H groups in total. The number of alkyl halides is 3. The summed E-state index contributed by atoms with van der Waals surface area (Å²) >= 11 is 5.63. The van der Waals surface area contributed by atoms with Gasteiger partial charge in [0.1, 0.15) is 0 Å². The molecule has 6 heteroatoms. The summed E-state index contributed by atoms with van der Waals surface area (Å²) in [6.07, 6.45) is -2.21. The molecule has 1 aliphatic rings. The maximum absolute atomic E-state index is 12.9. The van der Waals surface area contributed by atoms with Gasteiger partial charge in [-0.25, -0.2) is 0 Å². The van der Waals surface area contributed by atoms with E-state index in [1.807, 2.05) is 6.92 Å². The first-order valence-electron chi connectivity index (χ1n) is 7.09. The second-order valence-electron chi connectivity index (χ2n) is 5.79. The van der Waals surface area contributed by atoms with Crippen molar-refractivity contribution in [3.8, 4) is 0 Å². The summed E-state index contributed by atoms with van der Waals surface area (Å²) in [5.41, 5.74) is -0.324. The van der Waals surface area contributed by atoms with Crippen LogP contribution in [0.2, 0.25) is 5.02 Å². The van der Waals surface area contributed by atoms with E-state index < -0.39 is 11.7 Å². The zero-order valence-electron chi connectivity index (χ0n) is 12.2. The third kappa shape index (κ3) is 4.27. The third-order valence-electron chi connectivity index (χ3n) is 4.03. The minimum absolute atomic E-state index is 0.120. The van der Waals surface area contributed by atoms with Gasteiger partial charge in [0.25, 0.3) is 0 Å². The number of likely N-dealkylation sites (tertiary alicyclic amines) is 1. The minimum Gasteiger partial charge on any atom is -0.382 e. The number of rotatable bonds is 3. The van der Waals surface area contributed by atoms with Crippen LogP contribution in [0.4, 0.5) is 18.9 Å². The molecule has 1 aromatic carbocycles. The molecule has 0 saturated carbocycles. The SMILES string of the molecule is CC(Nc1ccc(Cl)c(C(F)(F)F)c1)C1CCCN(C)C1. The fraction of sp³-hybridized carbons (Fsp3) is 0.600. The van der Waals surface area contributed by atoms with E-state index in [-0.39, 0.29) is 11.1 Å². The standard InChI is InChI=1S/C15H20ClF3N2/c1-10(11-4-3-7-21(2)9-11)20-12-5-6-14(16)13(8-12)15(17,18)19/h5-6,8,10-11,20H,3-4,7,9H2,1-2H3. The predicted molar refractivity (Wildman–Crippen MR) is 79.8 cm³/mol. The van der Waals surface area contributed by atoms with Crippen molar-refractivity contribution in [2.45, 2.75) is 32.0 Å². The van der Waals surface area contributed by atoms with Crippen LogP contribution < -0.4 is 5.32 Å². The Kier molecular flexibility index (Phi) is 5.04. The summed E-state index contributed by atoms with van der Waals surface area (Å²) < 4.78 is 38.6. The van der Waals surface area contributed by atoms with E-state index in [4.69, 9.17) is 11.6 Å². The molecule has 2 rings (SSSR count). The Hall–Kier alpha value is -0.940. The second-order valence-corrected chi connectivity index (χ2v) is 6.20. The van der Waals surface area contributed by atoms with Gasteiger partial charge in [0.2, 0.25) is 0 Å². The molecule has 0 spiro atoms. The van der Waals surface area contributed by atoms with Crippen LogP contribution in [0.25, 0.3) is 0 Å². The van der Waals surface area contributed by atoms with Crippen LogP contribution in [0.3, 0.4) is 0 Å². The monoisotopic (exact) mass is 320 g/mol. The zero-order chi connectivity index (χ0) is 15.6. The lowest BCUT2D eigenvalue weighted by Gasteiger charge is -2.34. The van der Waals surface area contributed by atoms with E-state index >= 15 is 0 Å². The van der Waals surface area contributed by atoms with Crippen molar-refractivity contribution in [1.29, 1.82) is 0 Å². The minimum atomic E-state index is -4.43. The number of halogens is 4. The second kappa shape index (κ2) is 6.44. The molecular weight excluding hydrogens is 301 g/mol. The maximum atomic E-state index is 12.9. The largest absolute Gasteiger partial charge is 0.417 e. The van der Waals surface area contributed by atoms with Gasteiger partial charge in [-0.1, -0.05) is 11.6 Å². The molecule has 1 aromatic rings. The number of hydrogen-bond donors (Lipinski definition) is 1. The van der Waals surface area contributed by atoms with E-state index in [1.54, 1.807) is 6.07 Å². The van der Waals surface area contributed by atoms with Crippen molar-refractivity contribution < 1.29 is 13.2 Å². The topological polar surface area (TPSA) is 15.3 Å². The molecule has 0 radical (unpaired) electrons. The number of anilines is 1. The van der Waals surface area contributed by atoms with Gasteiger partial charge < -0.3 is 10.2 Å². The fourth-order valence-corrected chi connectivity index (χ4v) is 3.05. The first kappa shape index (κ1) is 16.4. The number of hydrogen-bond acceptors (Lipinski definition) is 2. The van der Waals surface area contributed by atoms with Gasteiger partial charge in [-0.2, -0.15) is 13.2 Å². The Labute approximate surface area is 128 Å². The van der Waals surface area contributed by atoms with Crippen molar-refractivity contribution in [2.75, 3.05) is 25.5 Å². The van der Waals surface area contributed by atoms with Gasteiger partial charge in [0.15, 0.2) is 0 Å². The van der Waals surface area contributed by atoms with Gasteiger partial charge in [-0.3, -0.25) is 0 Å². The average Bonchev–Trinajstić information content (AvgIpc) is 2.39. The first-order valence-corrected chi connectivity index (χ1v) is 7.47. The van der Waals surface area contributed by atoms with Crippen molar-refractivity contribution in [3.63, 3.8) is 0 Å². The summed E-state index contributed by atoms with van der Waals surface area (Å²) in [5.74, 6) is 0.439. The van der Waals surface area contributed by atoms with Gasteiger partial charge in [-0.05, 0) is 57.5 Å². The molecule has 1 heterocycles. The molecule has 1 fully saturated rings. The van der Waals surface area contributed by atoms with E-state index in [9.17, 15) is 13.2 Å². The smallest absolute Gasteiger partial charge is 0.382 e. The normalized spacial score (nSPS) is 22.1.